The van der Waals surface area contributed by atoms with Gasteiger partial charge in [-0.15, -0.1) is 0 Å². The van der Waals surface area contributed by atoms with E-state index in [4.69, 9.17) is 25.8 Å². The first-order chi connectivity index (χ1) is 10.7. The molecule has 22 heavy (non-hydrogen) atoms. The first-order valence-corrected chi connectivity index (χ1v) is 7.73. The molecule has 0 aliphatic heterocycles. The van der Waals surface area contributed by atoms with Crippen molar-refractivity contribution in [2.75, 3.05) is 20.3 Å². The third kappa shape index (κ3) is 4.85. The lowest BCUT2D eigenvalue weighted by atomic mass is 10.2. The summed E-state index contributed by atoms with van der Waals surface area (Å²) < 4.78 is 16.7. The van der Waals surface area contributed by atoms with Crippen molar-refractivity contribution < 1.29 is 14.2 Å². The highest BCUT2D eigenvalue weighted by molar-refractivity contribution is 6.31. The predicted octanol–water partition coefficient (Wildman–Crippen LogP) is 4.90. The lowest BCUT2D eigenvalue weighted by Gasteiger charge is -2.10. The van der Waals surface area contributed by atoms with Crippen LogP contribution in [0, 0.1) is 6.92 Å². The summed E-state index contributed by atoms with van der Waals surface area (Å²) in [5.41, 5.74) is 1.03. The van der Waals surface area contributed by atoms with Gasteiger partial charge in [0, 0.05) is 5.02 Å². The number of rotatable bonds is 8. The molecule has 2 rings (SSSR count). The summed E-state index contributed by atoms with van der Waals surface area (Å²) in [6.45, 7) is 3.27. The molecule has 0 aliphatic rings. The molecule has 4 heteroatoms. The Balaban J connectivity index is 1.66. The molecular weight excluding hydrogens is 300 g/mol. The van der Waals surface area contributed by atoms with Gasteiger partial charge in [0.15, 0.2) is 11.5 Å². The molecule has 0 amide bonds. The van der Waals surface area contributed by atoms with E-state index in [2.05, 4.69) is 0 Å². The molecule has 0 aliphatic carbocycles. The van der Waals surface area contributed by atoms with Gasteiger partial charge in [-0.1, -0.05) is 23.7 Å². The highest BCUT2D eigenvalue weighted by Crippen LogP contribution is 2.26. The Hall–Kier alpha value is -1.87. The van der Waals surface area contributed by atoms with Crippen LogP contribution >= 0.6 is 11.6 Å². The normalized spacial score (nSPS) is 10.3. The number of benzene rings is 2. The van der Waals surface area contributed by atoms with Crippen LogP contribution in [-0.2, 0) is 0 Å². The van der Waals surface area contributed by atoms with Crippen molar-refractivity contribution in [3.63, 3.8) is 0 Å². The molecule has 2 aromatic rings. The maximum Gasteiger partial charge on any atom is 0.161 e. The number of aryl methyl sites for hydroxylation is 1. The van der Waals surface area contributed by atoms with Gasteiger partial charge in [0.2, 0.25) is 0 Å². The number of hydrogen-bond acceptors (Lipinski definition) is 3. The first kappa shape index (κ1) is 16.5. The second-order valence-electron chi connectivity index (χ2n) is 4.97. The average molecular weight is 321 g/mol. The zero-order valence-corrected chi connectivity index (χ0v) is 13.7. The first-order valence-electron chi connectivity index (χ1n) is 7.35. The Labute approximate surface area is 136 Å². The summed E-state index contributed by atoms with van der Waals surface area (Å²) >= 11 is 5.98. The fraction of sp³-hybridized carbons (Fsp3) is 0.333. The molecule has 0 radical (unpaired) electrons. The highest BCUT2D eigenvalue weighted by Gasteiger charge is 2.02. The van der Waals surface area contributed by atoms with E-state index in [0.29, 0.717) is 13.2 Å². The Morgan fingerprint density at radius 2 is 1.59 bits per heavy atom. The van der Waals surface area contributed by atoms with Crippen LogP contribution in [0.15, 0.2) is 42.5 Å². The van der Waals surface area contributed by atoms with Crippen LogP contribution in [0.4, 0.5) is 0 Å². The van der Waals surface area contributed by atoms with Crippen LogP contribution in [0.25, 0.3) is 0 Å². The third-order valence-corrected chi connectivity index (χ3v) is 3.69. The molecule has 0 atom stereocenters. The molecule has 3 nitrogen and oxygen atoms in total. The summed E-state index contributed by atoms with van der Waals surface area (Å²) in [5, 5.41) is 0.762. The predicted molar refractivity (Wildman–Crippen MR) is 89.4 cm³/mol. The molecule has 0 unspecified atom stereocenters. The van der Waals surface area contributed by atoms with Crippen LogP contribution in [0.1, 0.15) is 18.4 Å². The van der Waals surface area contributed by atoms with Crippen molar-refractivity contribution in [2.24, 2.45) is 0 Å². The SMILES string of the molecule is COc1ccccc1OCCCCOc1ccc(Cl)c(C)c1. The number of unbranched alkanes of at least 4 members (excludes halogenated alkanes) is 1. The second kappa shape index (κ2) is 8.54. The maximum absolute atomic E-state index is 5.98. The number of halogens is 1. The van der Waals surface area contributed by atoms with Gasteiger partial charge in [0.05, 0.1) is 20.3 Å². The minimum absolute atomic E-state index is 0.642. The van der Waals surface area contributed by atoms with Gasteiger partial charge in [-0.2, -0.15) is 0 Å². The summed E-state index contributed by atoms with van der Waals surface area (Å²) in [7, 11) is 1.64. The van der Waals surface area contributed by atoms with Gasteiger partial charge >= 0.3 is 0 Å². The van der Waals surface area contributed by atoms with Crippen LogP contribution in [0.5, 0.6) is 17.2 Å². The van der Waals surface area contributed by atoms with Crippen LogP contribution in [-0.4, -0.2) is 20.3 Å². The van der Waals surface area contributed by atoms with Crippen molar-refractivity contribution in [3.05, 3.63) is 53.1 Å². The van der Waals surface area contributed by atoms with Crippen LogP contribution in [0.3, 0.4) is 0 Å². The molecule has 0 spiro atoms. The molecule has 0 heterocycles. The minimum Gasteiger partial charge on any atom is -0.494 e. The number of hydrogen-bond donors (Lipinski definition) is 0. The second-order valence-corrected chi connectivity index (χ2v) is 5.37. The van der Waals surface area contributed by atoms with Crippen molar-refractivity contribution in [2.45, 2.75) is 19.8 Å². The largest absolute Gasteiger partial charge is 0.494 e. The minimum atomic E-state index is 0.642. The standard InChI is InChI=1S/C18H21ClO3/c1-14-13-15(9-10-16(14)19)21-11-5-6-12-22-18-8-4-3-7-17(18)20-2/h3-4,7-10,13H,5-6,11-12H2,1-2H3. The fourth-order valence-corrected chi connectivity index (χ4v) is 2.14. The Bertz CT molecular complexity index is 599. The fourth-order valence-electron chi connectivity index (χ4n) is 2.02. The van der Waals surface area contributed by atoms with Gasteiger partial charge in [0.25, 0.3) is 0 Å². The molecule has 0 saturated carbocycles. The molecule has 2 aromatic carbocycles. The van der Waals surface area contributed by atoms with E-state index >= 15 is 0 Å². The Morgan fingerprint density at radius 3 is 2.27 bits per heavy atom. The molecule has 0 fully saturated rings. The molecule has 0 aromatic heterocycles. The summed E-state index contributed by atoms with van der Waals surface area (Å²) in [4.78, 5) is 0. The van der Waals surface area contributed by atoms with Crippen LogP contribution in [0.2, 0.25) is 5.02 Å². The van der Waals surface area contributed by atoms with Gasteiger partial charge in [-0.3, -0.25) is 0 Å². The van der Waals surface area contributed by atoms with Crippen molar-refractivity contribution in [1.82, 2.24) is 0 Å². The van der Waals surface area contributed by atoms with E-state index in [0.717, 1.165) is 40.7 Å². The highest BCUT2D eigenvalue weighted by atomic mass is 35.5. The zero-order chi connectivity index (χ0) is 15.8. The van der Waals surface area contributed by atoms with E-state index in [9.17, 15) is 0 Å². The van der Waals surface area contributed by atoms with E-state index in [-0.39, 0.29) is 0 Å². The van der Waals surface area contributed by atoms with E-state index in [1.165, 1.54) is 0 Å². The molecular formula is C18H21ClO3. The smallest absolute Gasteiger partial charge is 0.161 e. The maximum atomic E-state index is 5.98. The van der Waals surface area contributed by atoms with Gasteiger partial charge < -0.3 is 14.2 Å². The summed E-state index contributed by atoms with van der Waals surface area (Å²) in [6, 6.07) is 13.4. The number of para-hydroxylation sites is 2. The zero-order valence-electron chi connectivity index (χ0n) is 13.0. The molecule has 118 valence electrons. The molecule has 0 N–H and O–H groups in total. The average Bonchev–Trinajstić information content (AvgIpc) is 2.54. The molecule has 0 bridgehead atoms. The number of ether oxygens (including phenoxy) is 3. The monoisotopic (exact) mass is 320 g/mol. The van der Waals surface area contributed by atoms with Crippen molar-refractivity contribution in [1.29, 1.82) is 0 Å². The van der Waals surface area contributed by atoms with Crippen LogP contribution < -0.4 is 14.2 Å². The summed E-state index contributed by atoms with van der Waals surface area (Å²) in [6.07, 6.45) is 1.85. The number of methoxy groups -OCH3 is 1. The summed E-state index contributed by atoms with van der Waals surface area (Å²) in [5.74, 6) is 2.39. The van der Waals surface area contributed by atoms with Crippen molar-refractivity contribution >= 4 is 11.6 Å². The van der Waals surface area contributed by atoms with Gasteiger partial charge in [-0.05, 0) is 55.7 Å². The topological polar surface area (TPSA) is 27.7 Å². The lowest BCUT2D eigenvalue weighted by Crippen LogP contribution is -2.03. The molecule has 0 saturated heterocycles. The van der Waals surface area contributed by atoms with Gasteiger partial charge in [-0.25, -0.2) is 0 Å². The Kier molecular flexibility index (Phi) is 6.41. The van der Waals surface area contributed by atoms with E-state index in [1.54, 1.807) is 7.11 Å². The quantitative estimate of drug-likeness (QED) is 0.648. The lowest BCUT2D eigenvalue weighted by molar-refractivity contribution is 0.258. The van der Waals surface area contributed by atoms with Gasteiger partial charge in [0.1, 0.15) is 5.75 Å². The van der Waals surface area contributed by atoms with Crippen molar-refractivity contribution in [3.8, 4) is 17.2 Å². The third-order valence-electron chi connectivity index (χ3n) is 3.26. The van der Waals surface area contributed by atoms with E-state index in [1.807, 2.05) is 49.4 Å². The van der Waals surface area contributed by atoms with E-state index < -0.39 is 0 Å². The Morgan fingerprint density at radius 1 is 0.909 bits per heavy atom.